The van der Waals surface area contributed by atoms with Crippen LogP contribution < -0.4 is 5.69 Å². The smallest absolute Gasteiger partial charge is 0.336 e. The van der Waals surface area contributed by atoms with Crippen molar-refractivity contribution in [3.63, 3.8) is 0 Å². The van der Waals surface area contributed by atoms with E-state index in [-0.39, 0.29) is 11.3 Å². The number of hydrogen-bond donors (Lipinski definition) is 2. The number of benzene rings is 3. The van der Waals surface area contributed by atoms with Gasteiger partial charge in [-0.3, -0.25) is 4.57 Å². The molecule has 0 atom stereocenters. The number of rotatable bonds is 3. The number of aromatic carboxylic acids is 1. The number of carbonyl (C=O) groups is 1. The van der Waals surface area contributed by atoms with Gasteiger partial charge in [-0.25, -0.2) is 9.59 Å². The van der Waals surface area contributed by atoms with Crippen LogP contribution in [0.5, 0.6) is 0 Å². The van der Waals surface area contributed by atoms with E-state index in [4.69, 9.17) is 0 Å². The summed E-state index contributed by atoms with van der Waals surface area (Å²) in [6, 6.07) is 20.0. The van der Waals surface area contributed by atoms with E-state index in [9.17, 15) is 14.7 Å². The van der Waals surface area contributed by atoms with Crippen molar-refractivity contribution in [2.24, 2.45) is 0 Å². The Bertz CT molecular complexity index is 1200. The van der Waals surface area contributed by atoms with Gasteiger partial charge in [-0.05, 0) is 53.9 Å². The van der Waals surface area contributed by atoms with Crippen LogP contribution in [0.4, 0.5) is 0 Å². The van der Waals surface area contributed by atoms with E-state index in [2.05, 4.69) is 4.98 Å². The van der Waals surface area contributed by atoms with Crippen molar-refractivity contribution in [1.82, 2.24) is 9.55 Å². The molecule has 26 heavy (non-hydrogen) atoms. The van der Waals surface area contributed by atoms with Gasteiger partial charge in [0, 0.05) is 0 Å². The number of nitrogens with one attached hydrogen (secondary N) is 1. The molecule has 2 N–H and O–H groups in total. The normalized spacial score (nSPS) is 11.0. The molecule has 0 spiro atoms. The standard InChI is InChI=1S/C21H16N2O3/c1-13-12-14(23-19-9-5-4-8-18(19)22-21(23)26)10-11-15(13)16-6-2-3-7-17(16)20(24)25/h2-12H,1H3,(H,22,26)(H,24,25). The topological polar surface area (TPSA) is 75.1 Å². The van der Waals surface area contributed by atoms with Crippen LogP contribution in [0.2, 0.25) is 0 Å². The van der Waals surface area contributed by atoms with E-state index in [0.29, 0.717) is 5.56 Å². The molecule has 0 radical (unpaired) electrons. The molecule has 0 saturated carbocycles. The van der Waals surface area contributed by atoms with Gasteiger partial charge in [0.2, 0.25) is 0 Å². The number of nitrogens with zero attached hydrogens (tertiary/aromatic N) is 1. The number of aryl methyl sites for hydroxylation is 1. The van der Waals surface area contributed by atoms with E-state index >= 15 is 0 Å². The SMILES string of the molecule is Cc1cc(-n2c(=O)[nH]c3ccccc32)ccc1-c1ccccc1C(=O)O. The van der Waals surface area contributed by atoms with Crippen molar-refractivity contribution in [3.8, 4) is 16.8 Å². The number of para-hydroxylation sites is 2. The maximum Gasteiger partial charge on any atom is 0.336 e. The van der Waals surface area contributed by atoms with Gasteiger partial charge in [0.15, 0.2) is 0 Å². The lowest BCUT2D eigenvalue weighted by Crippen LogP contribution is -2.14. The van der Waals surface area contributed by atoms with Crippen molar-refractivity contribution < 1.29 is 9.90 Å². The van der Waals surface area contributed by atoms with Gasteiger partial charge in [-0.2, -0.15) is 0 Å². The van der Waals surface area contributed by atoms with Crippen LogP contribution in [0.3, 0.4) is 0 Å². The summed E-state index contributed by atoms with van der Waals surface area (Å²) >= 11 is 0. The molecule has 0 aliphatic heterocycles. The van der Waals surface area contributed by atoms with Crippen molar-refractivity contribution in [3.05, 3.63) is 88.3 Å². The van der Waals surface area contributed by atoms with E-state index in [1.165, 1.54) is 0 Å². The number of carboxylic acid groups (broad SMARTS) is 1. The van der Waals surface area contributed by atoms with Crippen LogP contribution in [0.15, 0.2) is 71.5 Å². The number of hydrogen-bond acceptors (Lipinski definition) is 2. The lowest BCUT2D eigenvalue weighted by molar-refractivity contribution is 0.0697. The monoisotopic (exact) mass is 344 g/mol. The predicted molar refractivity (Wildman–Crippen MR) is 101 cm³/mol. The van der Waals surface area contributed by atoms with Crippen LogP contribution in [-0.4, -0.2) is 20.6 Å². The molecule has 3 aromatic carbocycles. The van der Waals surface area contributed by atoms with Crippen molar-refractivity contribution >= 4 is 17.0 Å². The molecule has 1 aromatic heterocycles. The average molecular weight is 344 g/mol. The minimum Gasteiger partial charge on any atom is -0.478 e. The zero-order chi connectivity index (χ0) is 18.3. The van der Waals surface area contributed by atoms with Gasteiger partial charge in [0.1, 0.15) is 0 Å². The Morgan fingerprint density at radius 2 is 1.69 bits per heavy atom. The number of carboxylic acids is 1. The van der Waals surface area contributed by atoms with Crippen molar-refractivity contribution in [1.29, 1.82) is 0 Å². The predicted octanol–water partition coefficient (Wildman–Crippen LogP) is 3.99. The first kappa shape index (κ1) is 15.9. The molecular formula is C21H16N2O3. The number of aromatic nitrogens is 2. The molecule has 4 rings (SSSR count). The number of imidazole rings is 1. The Kier molecular flexibility index (Phi) is 3.69. The average Bonchev–Trinajstić information content (AvgIpc) is 2.97. The van der Waals surface area contributed by atoms with E-state index in [0.717, 1.165) is 27.8 Å². The molecule has 0 bridgehead atoms. The fourth-order valence-corrected chi connectivity index (χ4v) is 3.30. The molecule has 0 fully saturated rings. The van der Waals surface area contributed by atoms with Crippen molar-refractivity contribution in [2.75, 3.05) is 0 Å². The molecule has 0 saturated heterocycles. The van der Waals surface area contributed by atoms with E-state index in [1.54, 1.807) is 22.8 Å². The van der Waals surface area contributed by atoms with Crippen LogP contribution >= 0.6 is 0 Å². The third-order valence-electron chi connectivity index (χ3n) is 4.51. The Morgan fingerprint density at radius 1 is 0.962 bits per heavy atom. The molecular weight excluding hydrogens is 328 g/mol. The number of fused-ring (bicyclic) bond motifs is 1. The second kappa shape index (κ2) is 6.04. The Morgan fingerprint density at radius 3 is 2.46 bits per heavy atom. The highest BCUT2D eigenvalue weighted by Gasteiger charge is 2.14. The number of aromatic amines is 1. The fourth-order valence-electron chi connectivity index (χ4n) is 3.30. The first-order valence-electron chi connectivity index (χ1n) is 8.20. The summed E-state index contributed by atoms with van der Waals surface area (Å²) in [6.07, 6.45) is 0. The second-order valence-electron chi connectivity index (χ2n) is 6.13. The molecule has 1 heterocycles. The highest BCUT2D eigenvalue weighted by atomic mass is 16.4. The molecule has 0 aliphatic rings. The summed E-state index contributed by atoms with van der Waals surface area (Å²) in [6.45, 7) is 1.91. The van der Waals surface area contributed by atoms with Crippen LogP contribution in [0, 0.1) is 6.92 Å². The van der Waals surface area contributed by atoms with E-state index in [1.807, 2.05) is 55.5 Å². The van der Waals surface area contributed by atoms with Crippen LogP contribution in [-0.2, 0) is 0 Å². The summed E-state index contributed by atoms with van der Waals surface area (Å²) < 4.78 is 1.62. The molecule has 0 aliphatic carbocycles. The summed E-state index contributed by atoms with van der Waals surface area (Å²) in [7, 11) is 0. The lowest BCUT2D eigenvalue weighted by atomic mass is 9.95. The number of H-pyrrole nitrogens is 1. The van der Waals surface area contributed by atoms with Crippen LogP contribution in [0.25, 0.3) is 27.8 Å². The van der Waals surface area contributed by atoms with Gasteiger partial charge in [-0.1, -0.05) is 36.4 Å². The van der Waals surface area contributed by atoms with Gasteiger partial charge in [0.05, 0.1) is 22.3 Å². The van der Waals surface area contributed by atoms with Gasteiger partial charge in [0.25, 0.3) is 0 Å². The molecule has 0 unspecified atom stereocenters. The highest BCUT2D eigenvalue weighted by molar-refractivity contribution is 5.96. The van der Waals surface area contributed by atoms with E-state index < -0.39 is 5.97 Å². The molecule has 0 amide bonds. The first-order chi connectivity index (χ1) is 12.6. The molecule has 5 heteroatoms. The minimum atomic E-state index is -0.961. The van der Waals surface area contributed by atoms with Gasteiger partial charge >= 0.3 is 11.7 Å². The van der Waals surface area contributed by atoms with Crippen molar-refractivity contribution in [2.45, 2.75) is 6.92 Å². The highest BCUT2D eigenvalue weighted by Crippen LogP contribution is 2.29. The Hall–Kier alpha value is -3.60. The Labute approximate surface area is 149 Å². The third-order valence-corrected chi connectivity index (χ3v) is 4.51. The summed E-state index contributed by atoms with van der Waals surface area (Å²) in [4.78, 5) is 26.7. The second-order valence-corrected chi connectivity index (χ2v) is 6.13. The fraction of sp³-hybridized carbons (Fsp3) is 0.0476. The molecule has 5 nitrogen and oxygen atoms in total. The van der Waals surface area contributed by atoms with Crippen LogP contribution in [0.1, 0.15) is 15.9 Å². The third kappa shape index (κ3) is 2.50. The maximum absolute atomic E-state index is 12.4. The Balaban J connectivity index is 1.89. The molecule has 128 valence electrons. The first-order valence-corrected chi connectivity index (χ1v) is 8.20. The zero-order valence-electron chi connectivity index (χ0n) is 14.1. The van der Waals surface area contributed by atoms with Gasteiger partial charge < -0.3 is 10.1 Å². The summed E-state index contributed by atoms with van der Waals surface area (Å²) in [5.74, 6) is -0.961. The largest absolute Gasteiger partial charge is 0.478 e. The minimum absolute atomic E-state index is 0.204. The quantitative estimate of drug-likeness (QED) is 0.590. The zero-order valence-corrected chi connectivity index (χ0v) is 14.1. The lowest BCUT2D eigenvalue weighted by Gasteiger charge is -2.12. The van der Waals surface area contributed by atoms with Gasteiger partial charge in [-0.15, -0.1) is 0 Å². The maximum atomic E-state index is 12.4. The summed E-state index contributed by atoms with van der Waals surface area (Å²) in [5.41, 5.74) is 4.76. The summed E-state index contributed by atoms with van der Waals surface area (Å²) in [5, 5.41) is 9.43. The molecule has 4 aromatic rings.